The first-order chi connectivity index (χ1) is 15.7. The number of halogens is 2. The summed E-state index contributed by atoms with van der Waals surface area (Å²) < 4.78 is 11.0. The van der Waals surface area contributed by atoms with E-state index in [4.69, 9.17) is 38.4 Å². The van der Waals surface area contributed by atoms with E-state index in [1.807, 2.05) is 24.3 Å². The van der Waals surface area contributed by atoms with Crippen LogP contribution in [0.4, 0.5) is 5.69 Å². The monoisotopic (exact) mass is 499 g/mol. The van der Waals surface area contributed by atoms with Crippen LogP contribution in [0.25, 0.3) is 0 Å². The molecule has 1 aromatic carbocycles. The highest BCUT2D eigenvalue weighted by atomic mass is 35.5. The van der Waals surface area contributed by atoms with Crippen molar-refractivity contribution in [1.29, 1.82) is 0 Å². The third kappa shape index (κ3) is 11.4. The van der Waals surface area contributed by atoms with Crippen LogP contribution in [0, 0.1) is 0 Å². The summed E-state index contributed by atoms with van der Waals surface area (Å²) in [4.78, 5) is 14.9. The lowest BCUT2D eigenvalue weighted by molar-refractivity contribution is -0.150. The van der Waals surface area contributed by atoms with Gasteiger partial charge in [-0.05, 0) is 33.3 Å². The molecule has 0 saturated carbocycles. The van der Waals surface area contributed by atoms with Gasteiger partial charge in [0.05, 0.1) is 13.2 Å². The zero-order valence-corrected chi connectivity index (χ0v) is 21.8. The van der Waals surface area contributed by atoms with Gasteiger partial charge in [0.1, 0.15) is 12.6 Å². The highest BCUT2D eigenvalue weighted by molar-refractivity contribution is 6.30. The minimum absolute atomic E-state index is 0.248. The number of rotatable bonds is 10. The second kappa shape index (κ2) is 16.1. The Morgan fingerprint density at radius 1 is 1.30 bits per heavy atom. The van der Waals surface area contributed by atoms with Crippen LogP contribution in [-0.2, 0) is 14.3 Å². The van der Waals surface area contributed by atoms with E-state index in [1.165, 1.54) is 0 Å². The first-order valence-corrected chi connectivity index (χ1v) is 12.2. The highest BCUT2D eigenvalue weighted by Crippen LogP contribution is 2.23. The molecule has 1 aliphatic heterocycles. The number of benzene rings is 1. The number of morpholine rings is 1. The third-order valence-electron chi connectivity index (χ3n) is 5.16. The van der Waals surface area contributed by atoms with Crippen LogP contribution < -0.4 is 11.1 Å². The van der Waals surface area contributed by atoms with Gasteiger partial charge in [-0.1, -0.05) is 55.0 Å². The second-order valence-corrected chi connectivity index (χ2v) is 9.20. The smallest absolute Gasteiger partial charge is 0.327 e. The molecule has 1 aromatic rings. The van der Waals surface area contributed by atoms with Gasteiger partial charge < -0.3 is 20.5 Å². The summed E-state index contributed by atoms with van der Waals surface area (Å²) in [6.07, 6.45) is 6.89. The summed E-state index contributed by atoms with van der Waals surface area (Å²) in [5, 5.41) is 4.07. The van der Waals surface area contributed by atoms with Crippen LogP contribution in [0.1, 0.15) is 45.7 Å². The molecule has 8 heteroatoms. The number of hydrogen-bond acceptors (Lipinski definition) is 6. The minimum Gasteiger partial charge on any atom is -0.462 e. The van der Waals surface area contributed by atoms with E-state index in [2.05, 4.69) is 43.1 Å². The van der Waals surface area contributed by atoms with E-state index in [0.29, 0.717) is 32.2 Å². The van der Waals surface area contributed by atoms with Crippen molar-refractivity contribution in [3.05, 3.63) is 53.1 Å². The molecule has 0 aromatic heterocycles. The van der Waals surface area contributed by atoms with Crippen molar-refractivity contribution in [2.24, 2.45) is 5.73 Å². The molecular weight excluding hydrogens is 461 g/mol. The largest absolute Gasteiger partial charge is 0.462 e. The lowest BCUT2D eigenvalue weighted by atomic mass is 10.0. The van der Waals surface area contributed by atoms with Crippen molar-refractivity contribution in [2.75, 3.05) is 50.7 Å². The number of allylic oxidation sites excluding steroid dienone is 3. The summed E-state index contributed by atoms with van der Waals surface area (Å²) in [6.45, 7) is 12.1. The Bertz CT molecular complexity index is 759. The van der Waals surface area contributed by atoms with Gasteiger partial charge in [-0.15, -0.1) is 11.6 Å². The highest BCUT2D eigenvalue weighted by Gasteiger charge is 2.31. The second-order valence-electron chi connectivity index (χ2n) is 8.29. The number of esters is 1. The minimum atomic E-state index is -0.815. The standard InChI is InChI=1S/C21H33N3O3.C4H6Cl2/c1-4-5-8-11-23-18-10-7-6-9-17(18)19(22)20(25)27-16-21(2,3)24-12-14-26-15-13-24;1-4(6)2-3-5/h5-10,19,23H,4,11-16,22H2,1-3H3;2H,3H2,1H3/b8-5+;4-2+. The van der Waals surface area contributed by atoms with Gasteiger partial charge in [-0.25, -0.2) is 4.79 Å². The maximum atomic E-state index is 12.6. The molecule has 0 spiro atoms. The summed E-state index contributed by atoms with van der Waals surface area (Å²) >= 11 is 10.6. The number of nitrogens with one attached hydrogen (secondary N) is 1. The Morgan fingerprint density at radius 3 is 2.55 bits per heavy atom. The summed E-state index contributed by atoms with van der Waals surface area (Å²) in [7, 11) is 0. The van der Waals surface area contributed by atoms with Gasteiger partial charge in [0, 0.05) is 47.3 Å². The summed E-state index contributed by atoms with van der Waals surface area (Å²) in [5.74, 6) is 0.102. The first kappa shape index (κ1) is 29.5. The Labute approximate surface area is 209 Å². The molecule has 1 heterocycles. The topological polar surface area (TPSA) is 76.8 Å². The molecule has 3 N–H and O–H groups in total. The molecule has 1 fully saturated rings. The quantitative estimate of drug-likeness (QED) is 0.265. The average molecular weight is 501 g/mol. The molecule has 0 bridgehead atoms. The molecule has 0 radical (unpaired) electrons. The number of carbonyl (C=O) groups excluding carboxylic acids is 1. The lowest BCUT2D eigenvalue weighted by Gasteiger charge is -2.40. The Morgan fingerprint density at radius 2 is 1.97 bits per heavy atom. The fraction of sp³-hybridized carbons (Fsp3) is 0.560. The average Bonchev–Trinajstić information content (AvgIpc) is 2.81. The third-order valence-corrected chi connectivity index (χ3v) is 5.46. The molecule has 1 aliphatic rings. The number of ether oxygens (including phenoxy) is 2. The van der Waals surface area contributed by atoms with Crippen molar-refractivity contribution >= 4 is 34.9 Å². The fourth-order valence-electron chi connectivity index (χ4n) is 3.18. The van der Waals surface area contributed by atoms with Gasteiger partial charge in [-0.2, -0.15) is 0 Å². The molecule has 0 amide bonds. The van der Waals surface area contributed by atoms with Crippen molar-refractivity contribution in [3.63, 3.8) is 0 Å². The molecule has 2 rings (SSSR count). The molecular formula is C25H39Cl2N3O3. The van der Waals surface area contributed by atoms with Gasteiger partial charge >= 0.3 is 5.97 Å². The van der Waals surface area contributed by atoms with Gasteiger partial charge in [0.15, 0.2) is 0 Å². The molecule has 33 heavy (non-hydrogen) atoms. The Hall–Kier alpha value is -1.57. The molecule has 0 aliphatic carbocycles. The van der Waals surface area contributed by atoms with E-state index in [0.717, 1.165) is 35.8 Å². The molecule has 6 nitrogen and oxygen atoms in total. The predicted molar refractivity (Wildman–Crippen MR) is 139 cm³/mol. The van der Waals surface area contributed by atoms with Gasteiger partial charge in [-0.3, -0.25) is 4.90 Å². The number of para-hydroxylation sites is 1. The van der Waals surface area contributed by atoms with E-state index in [-0.39, 0.29) is 5.54 Å². The number of alkyl halides is 1. The van der Waals surface area contributed by atoms with Gasteiger partial charge in [0.25, 0.3) is 0 Å². The molecule has 186 valence electrons. The van der Waals surface area contributed by atoms with E-state index >= 15 is 0 Å². The van der Waals surface area contributed by atoms with Crippen molar-refractivity contribution in [1.82, 2.24) is 4.90 Å². The number of carbonyl (C=O) groups is 1. The first-order valence-electron chi connectivity index (χ1n) is 11.3. The lowest BCUT2D eigenvalue weighted by Crippen LogP contribution is -2.52. The molecule has 1 saturated heterocycles. The van der Waals surface area contributed by atoms with E-state index in [9.17, 15) is 4.79 Å². The van der Waals surface area contributed by atoms with Crippen LogP contribution in [-0.4, -0.2) is 61.7 Å². The Kier molecular flexibility index (Phi) is 14.4. The van der Waals surface area contributed by atoms with Crippen LogP contribution in [0.15, 0.2) is 47.5 Å². The predicted octanol–water partition coefficient (Wildman–Crippen LogP) is 5.09. The van der Waals surface area contributed by atoms with Crippen LogP contribution in [0.5, 0.6) is 0 Å². The van der Waals surface area contributed by atoms with Crippen molar-refractivity contribution in [2.45, 2.75) is 45.7 Å². The number of hydrogen-bond donors (Lipinski definition) is 2. The molecule has 1 atom stereocenters. The fourth-order valence-corrected chi connectivity index (χ4v) is 3.57. The maximum Gasteiger partial charge on any atom is 0.327 e. The summed E-state index contributed by atoms with van der Waals surface area (Å²) in [5.41, 5.74) is 7.57. The van der Waals surface area contributed by atoms with Crippen molar-refractivity contribution in [3.8, 4) is 0 Å². The van der Waals surface area contributed by atoms with Gasteiger partial charge in [0.2, 0.25) is 0 Å². The number of anilines is 1. The van der Waals surface area contributed by atoms with Crippen LogP contribution in [0.2, 0.25) is 0 Å². The van der Waals surface area contributed by atoms with Crippen LogP contribution >= 0.6 is 23.2 Å². The zero-order valence-electron chi connectivity index (χ0n) is 20.3. The molecule has 1 unspecified atom stereocenters. The zero-order chi connectivity index (χ0) is 24.7. The van der Waals surface area contributed by atoms with Crippen molar-refractivity contribution < 1.29 is 14.3 Å². The van der Waals surface area contributed by atoms with E-state index in [1.54, 1.807) is 13.0 Å². The maximum absolute atomic E-state index is 12.6. The number of nitrogens with zero attached hydrogens (tertiary/aromatic N) is 1. The Balaban J connectivity index is 0.000000801. The normalized spacial score (nSPS) is 16.2. The van der Waals surface area contributed by atoms with E-state index < -0.39 is 12.0 Å². The summed E-state index contributed by atoms with van der Waals surface area (Å²) in [6, 6.07) is 6.79. The SMILES string of the molecule is C/C(Cl)=C\CCl.CC/C=C/CNc1ccccc1C(N)C(=O)OCC(C)(C)N1CCOCC1. The number of nitrogens with two attached hydrogens (primary N) is 1. The van der Waals surface area contributed by atoms with Crippen LogP contribution in [0.3, 0.4) is 0 Å².